The molecule has 5 nitrogen and oxygen atoms in total. The maximum atomic E-state index is 11.4. The van der Waals surface area contributed by atoms with Gasteiger partial charge in [-0.05, 0) is 30.5 Å². The third-order valence-corrected chi connectivity index (χ3v) is 3.61. The van der Waals surface area contributed by atoms with Crippen molar-refractivity contribution in [3.8, 4) is 11.5 Å². The molecule has 18 heavy (non-hydrogen) atoms. The third kappa shape index (κ3) is 1.63. The molecule has 1 aromatic carbocycles. The van der Waals surface area contributed by atoms with E-state index in [1.807, 2.05) is 0 Å². The van der Waals surface area contributed by atoms with Crippen molar-refractivity contribution in [2.75, 3.05) is 7.11 Å². The number of rotatable bonds is 4. The largest absolute Gasteiger partial charge is 0.504 e. The van der Waals surface area contributed by atoms with Crippen molar-refractivity contribution in [3.05, 3.63) is 23.3 Å². The van der Waals surface area contributed by atoms with E-state index in [0.29, 0.717) is 24.7 Å². The van der Waals surface area contributed by atoms with E-state index >= 15 is 0 Å². The summed E-state index contributed by atoms with van der Waals surface area (Å²) in [6, 6.07) is 2.70. The van der Waals surface area contributed by atoms with Gasteiger partial charge in [0, 0.05) is 5.56 Å². The first-order valence-corrected chi connectivity index (χ1v) is 5.65. The maximum absolute atomic E-state index is 11.4. The van der Waals surface area contributed by atoms with Gasteiger partial charge in [-0.3, -0.25) is 9.59 Å². The number of aliphatic carboxylic acids is 1. The van der Waals surface area contributed by atoms with Crippen molar-refractivity contribution in [1.82, 2.24) is 0 Å². The fourth-order valence-corrected chi connectivity index (χ4v) is 2.39. The molecule has 0 spiro atoms. The highest BCUT2D eigenvalue weighted by atomic mass is 16.5. The average molecular weight is 250 g/mol. The van der Waals surface area contributed by atoms with Crippen LogP contribution >= 0.6 is 0 Å². The fourth-order valence-electron chi connectivity index (χ4n) is 2.39. The molecule has 0 aliphatic heterocycles. The summed E-state index contributed by atoms with van der Waals surface area (Å²) < 4.78 is 4.91. The van der Waals surface area contributed by atoms with Crippen LogP contribution in [-0.4, -0.2) is 29.6 Å². The molecule has 0 saturated heterocycles. The molecule has 0 unspecified atom stereocenters. The number of aromatic hydroxyl groups is 1. The molecule has 1 aliphatic rings. The molecule has 0 amide bonds. The number of carbonyl (C=O) groups excluding carboxylic acids is 1. The van der Waals surface area contributed by atoms with Crippen LogP contribution in [0.2, 0.25) is 0 Å². The van der Waals surface area contributed by atoms with Gasteiger partial charge in [-0.2, -0.15) is 0 Å². The van der Waals surface area contributed by atoms with Crippen molar-refractivity contribution < 1.29 is 24.5 Å². The number of methoxy groups -OCH3 is 1. The Kier molecular flexibility index (Phi) is 2.98. The SMILES string of the molecule is COc1cc(C=O)c(C2(C(=O)O)CCC2)cc1O. The Morgan fingerprint density at radius 2 is 2.11 bits per heavy atom. The number of hydrogen-bond acceptors (Lipinski definition) is 4. The predicted molar refractivity (Wildman–Crippen MR) is 63.2 cm³/mol. The van der Waals surface area contributed by atoms with Gasteiger partial charge in [-0.1, -0.05) is 6.42 Å². The van der Waals surface area contributed by atoms with E-state index in [1.165, 1.54) is 19.2 Å². The van der Waals surface area contributed by atoms with Crippen molar-refractivity contribution >= 4 is 12.3 Å². The Morgan fingerprint density at radius 1 is 1.44 bits per heavy atom. The number of phenolic OH excluding ortho intramolecular Hbond substituents is 1. The minimum Gasteiger partial charge on any atom is -0.504 e. The van der Waals surface area contributed by atoms with Crippen LogP contribution in [0.5, 0.6) is 11.5 Å². The number of hydrogen-bond donors (Lipinski definition) is 2. The zero-order valence-corrected chi connectivity index (χ0v) is 9.97. The molecule has 2 N–H and O–H groups in total. The van der Waals surface area contributed by atoms with E-state index in [9.17, 15) is 19.8 Å². The van der Waals surface area contributed by atoms with E-state index in [0.717, 1.165) is 6.42 Å². The fraction of sp³-hybridized carbons (Fsp3) is 0.385. The Hall–Kier alpha value is -2.04. The Bertz CT molecular complexity index is 502. The number of carbonyl (C=O) groups is 2. The number of carboxylic acids is 1. The lowest BCUT2D eigenvalue weighted by Crippen LogP contribution is -2.43. The van der Waals surface area contributed by atoms with Crippen LogP contribution in [0.15, 0.2) is 12.1 Å². The van der Waals surface area contributed by atoms with Crippen LogP contribution in [0.3, 0.4) is 0 Å². The maximum Gasteiger partial charge on any atom is 0.314 e. The van der Waals surface area contributed by atoms with Crippen molar-refractivity contribution in [3.63, 3.8) is 0 Å². The zero-order chi connectivity index (χ0) is 13.3. The summed E-state index contributed by atoms with van der Waals surface area (Å²) in [4.78, 5) is 22.5. The highest BCUT2D eigenvalue weighted by Crippen LogP contribution is 2.47. The third-order valence-electron chi connectivity index (χ3n) is 3.61. The summed E-state index contributed by atoms with van der Waals surface area (Å²) in [5.41, 5.74) is -0.415. The summed E-state index contributed by atoms with van der Waals surface area (Å²) in [5.74, 6) is -0.937. The molecule has 2 rings (SSSR count). The highest BCUT2D eigenvalue weighted by Gasteiger charge is 2.47. The molecule has 96 valence electrons. The van der Waals surface area contributed by atoms with Crippen molar-refractivity contribution in [2.24, 2.45) is 0 Å². The smallest absolute Gasteiger partial charge is 0.314 e. The summed E-state index contributed by atoms with van der Waals surface area (Å²) in [6.45, 7) is 0. The summed E-state index contributed by atoms with van der Waals surface area (Å²) in [5, 5.41) is 19.1. The molecular formula is C13H14O5. The van der Waals surface area contributed by atoms with Gasteiger partial charge in [-0.25, -0.2) is 0 Å². The molecule has 5 heteroatoms. The van der Waals surface area contributed by atoms with Gasteiger partial charge in [0.2, 0.25) is 0 Å². The molecule has 0 radical (unpaired) electrons. The molecule has 0 aromatic heterocycles. The van der Waals surface area contributed by atoms with Crippen LogP contribution < -0.4 is 4.74 Å². The zero-order valence-electron chi connectivity index (χ0n) is 9.97. The monoisotopic (exact) mass is 250 g/mol. The van der Waals surface area contributed by atoms with Gasteiger partial charge in [0.25, 0.3) is 0 Å². The molecule has 1 fully saturated rings. The molecule has 0 atom stereocenters. The second-order valence-corrected chi connectivity index (χ2v) is 4.47. The van der Waals surface area contributed by atoms with Gasteiger partial charge in [-0.15, -0.1) is 0 Å². The summed E-state index contributed by atoms with van der Waals surface area (Å²) in [6.07, 6.45) is 2.36. The number of ether oxygens (including phenoxy) is 1. The molecular weight excluding hydrogens is 236 g/mol. The molecule has 1 saturated carbocycles. The normalized spacial score (nSPS) is 16.7. The number of carboxylic acid groups (broad SMARTS) is 1. The van der Waals surface area contributed by atoms with Gasteiger partial charge in [0.15, 0.2) is 17.8 Å². The molecule has 0 bridgehead atoms. The Labute approximate surface area is 104 Å². The van der Waals surface area contributed by atoms with E-state index in [1.54, 1.807) is 0 Å². The molecule has 1 aliphatic carbocycles. The van der Waals surface area contributed by atoms with Crippen LogP contribution in [0, 0.1) is 0 Å². The van der Waals surface area contributed by atoms with E-state index in [-0.39, 0.29) is 17.1 Å². The highest BCUT2D eigenvalue weighted by molar-refractivity contribution is 5.89. The lowest BCUT2D eigenvalue weighted by Gasteiger charge is -2.38. The van der Waals surface area contributed by atoms with Crippen LogP contribution in [0.4, 0.5) is 0 Å². The van der Waals surface area contributed by atoms with Gasteiger partial charge >= 0.3 is 5.97 Å². The van der Waals surface area contributed by atoms with Crippen LogP contribution in [0.25, 0.3) is 0 Å². The number of phenols is 1. The lowest BCUT2D eigenvalue weighted by molar-refractivity contribution is -0.147. The molecule has 1 aromatic rings. The standard InChI is InChI=1S/C13H14O5/c1-18-11-5-8(7-14)9(6-10(11)15)13(12(16)17)3-2-4-13/h5-7,15H,2-4H2,1H3,(H,16,17). The van der Waals surface area contributed by atoms with E-state index in [4.69, 9.17) is 4.74 Å². The Balaban J connectivity index is 2.60. The van der Waals surface area contributed by atoms with Gasteiger partial charge < -0.3 is 14.9 Å². The summed E-state index contributed by atoms with van der Waals surface area (Å²) in [7, 11) is 1.37. The van der Waals surface area contributed by atoms with E-state index in [2.05, 4.69) is 0 Å². The van der Waals surface area contributed by atoms with Gasteiger partial charge in [0.1, 0.15) is 0 Å². The number of aldehydes is 1. The average Bonchev–Trinajstić information content (AvgIpc) is 2.27. The first kappa shape index (κ1) is 12.4. The predicted octanol–water partition coefficient (Wildman–Crippen LogP) is 1.72. The van der Waals surface area contributed by atoms with Crippen molar-refractivity contribution in [2.45, 2.75) is 24.7 Å². The van der Waals surface area contributed by atoms with Gasteiger partial charge in [0.05, 0.1) is 12.5 Å². The quantitative estimate of drug-likeness (QED) is 0.795. The van der Waals surface area contributed by atoms with Crippen molar-refractivity contribution in [1.29, 1.82) is 0 Å². The summed E-state index contributed by atoms with van der Waals surface area (Å²) >= 11 is 0. The Morgan fingerprint density at radius 3 is 2.50 bits per heavy atom. The van der Waals surface area contributed by atoms with Crippen LogP contribution in [-0.2, 0) is 10.2 Å². The second kappa shape index (κ2) is 4.33. The molecule has 0 heterocycles. The first-order chi connectivity index (χ1) is 8.55. The lowest BCUT2D eigenvalue weighted by atomic mass is 9.63. The number of benzene rings is 1. The van der Waals surface area contributed by atoms with Crippen LogP contribution in [0.1, 0.15) is 35.2 Å². The van der Waals surface area contributed by atoms with E-state index < -0.39 is 11.4 Å². The topological polar surface area (TPSA) is 83.8 Å². The minimum absolute atomic E-state index is 0.148. The second-order valence-electron chi connectivity index (χ2n) is 4.47. The minimum atomic E-state index is -1.04. The first-order valence-electron chi connectivity index (χ1n) is 5.65.